The van der Waals surface area contributed by atoms with Crippen LogP contribution in [0.1, 0.15) is 82.3 Å². The Morgan fingerprint density at radius 2 is 1.53 bits per heavy atom. The van der Waals surface area contributed by atoms with E-state index in [4.69, 9.17) is 14.2 Å². The third-order valence-electron chi connectivity index (χ3n) is 6.85. The van der Waals surface area contributed by atoms with E-state index in [2.05, 4.69) is 10.3 Å². The summed E-state index contributed by atoms with van der Waals surface area (Å²) in [4.78, 5) is 29.1. The van der Waals surface area contributed by atoms with Crippen molar-refractivity contribution in [3.05, 3.63) is 119 Å². The number of esters is 1. The molecule has 246 valence electrons. The highest BCUT2D eigenvalue weighted by Gasteiger charge is 2.22. The summed E-state index contributed by atoms with van der Waals surface area (Å²) in [6, 6.07) is 21.4. The van der Waals surface area contributed by atoms with Crippen LogP contribution in [0, 0.1) is 5.82 Å². The molecule has 0 aliphatic heterocycles. The molecule has 4 rings (SSSR count). The molecule has 8 heteroatoms. The molecule has 3 aromatic carbocycles. The van der Waals surface area contributed by atoms with Gasteiger partial charge in [0.25, 0.3) is 0 Å². The van der Waals surface area contributed by atoms with Gasteiger partial charge in [0.05, 0.1) is 12.5 Å². The molecule has 1 heterocycles. The molecule has 0 saturated carbocycles. The molecule has 4 aromatic rings. The maximum atomic E-state index is 16.2. The van der Waals surface area contributed by atoms with E-state index in [9.17, 15) is 9.59 Å². The van der Waals surface area contributed by atoms with Crippen LogP contribution in [0.3, 0.4) is 0 Å². The summed E-state index contributed by atoms with van der Waals surface area (Å²) in [5.41, 5.74) is 3.40. The number of ether oxygens (including phenoxy) is 3. The van der Waals surface area contributed by atoms with E-state index < -0.39 is 29.2 Å². The van der Waals surface area contributed by atoms with Gasteiger partial charge in [0.15, 0.2) is 0 Å². The van der Waals surface area contributed by atoms with Gasteiger partial charge in [0.2, 0.25) is 0 Å². The zero-order valence-electron chi connectivity index (χ0n) is 28.1. The summed E-state index contributed by atoms with van der Waals surface area (Å²) in [5, 5.41) is 2.73. The number of carbonyl (C=O) groups excluding carboxylic acids is 2. The highest BCUT2D eigenvalue weighted by molar-refractivity contribution is 5.76. The standard InChI is InChI=1S/C39H43FN2O5/c1-26(42-37(44)47-39(5,6)7)32-12-10-13-33(36(32)40)31-22-28(16-15-27-17-19-41-20-18-27)21-29(23-31)25-45-34-14-9-8-11-30(34)24-35(43)46-38(2,3)4/h8-23,26H,24-25H2,1-7H3,(H,42,44)/b16-15+/t26-/m1/s1. The smallest absolute Gasteiger partial charge is 0.408 e. The Hall–Kier alpha value is -4.98. The molecule has 7 nitrogen and oxygen atoms in total. The van der Waals surface area contributed by atoms with Gasteiger partial charge >= 0.3 is 12.1 Å². The molecule has 0 aliphatic rings. The number of rotatable bonds is 10. The molecule has 0 unspecified atom stereocenters. The molecule has 0 saturated heterocycles. The van der Waals surface area contributed by atoms with Crippen LogP contribution in [-0.2, 0) is 27.3 Å². The van der Waals surface area contributed by atoms with Gasteiger partial charge in [-0.1, -0.05) is 48.6 Å². The molecular weight excluding hydrogens is 595 g/mol. The van der Waals surface area contributed by atoms with Gasteiger partial charge in [0.1, 0.15) is 29.4 Å². The SMILES string of the molecule is C[C@@H](NC(=O)OC(C)(C)C)c1cccc(-c2cc(/C=C/c3ccncc3)cc(COc3ccccc3CC(=O)OC(C)(C)C)c2)c1F. The summed E-state index contributed by atoms with van der Waals surface area (Å²) in [5.74, 6) is -0.224. The summed E-state index contributed by atoms with van der Waals surface area (Å²) < 4.78 is 33.3. The van der Waals surface area contributed by atoms with Crippen molar-refractivity contribution in [2.24, 2.45) is 0 Å². The number of hydrogen-bond acceptors (Lipinski definition) is 6. The van der Waals surface area contributed by atoms with Crippen molar-refractivity contribution >= 4 is 24.2 Å². The third-order valence-corrected chi connectivity index (χ3v) is 6.85. The monoisotopic (exact) mass is 638 g/mol. The van der Waals surface area contributed by atoms with Crippen LogP contribution in [0.15, 0.2) is 85.2 Å². The lowest BCUT2D eigenvalue weighted by atomic mass is 9.95. The minimum absolute atomic E-state index is 0.0704. The molecule has 0 radical (unpaired) electrons. The van der Waals surface area contributed by atoms with E-state index in [0.29, 0.717) is 28.0 Å². The lowest BCUT2D eigenvalue weighted by Crippen LogP contribution is -2.34. The average Bonchev–Trinajstić information content (AvgIpc) is 2.98. The number of nitrogens with one attached hydrogen (secondary N) is 1. The molecule has 0 spiro atoms. The second kappa shape index (κ2) is 15.1. The fraction of sp³-hybridized carbons (Fsp3) is 0.308. The van der Waals surface area contributed by atoms with Crippen molar-refractivity contribution in [2.45, 2.75) is 78.7 Å². The zero-order valence-corrected chi connectivity index (χ0v) is 28.1. The lowest BCUT2D eigenvalue weighted by molar-refractivity contribution is -0.153. The Labute approximate surface area is 276 Å². The molecule has 1 amide bonds. The fourth-order valence-electron chi connectivity index (χ4n) is 4.87. The van der Waals surface area contributed by atoms with Gasteiger partial charge < -0.3 is 19.5 Å². The second-order valence-electron chi connectivity index (χ2n) is 13.3. The number of pyridine rings is 1. The van der Waals surface area contributed by atoms with E-state index in [1.165, 1.54) is 0 Å². The number of halogens is 1. The Kier molecular flexibility index (Phi) is 11.2. The molecule has 1 N–H and O–H groups in total. The number of para-hydroxylation sites is 1. The minimum Gasteiger partial charge on any atom is -0.489 e. The first-order chi connectivity index (χ1) is 22.2. The van der Waals surface area contributed by atoms with Gasteiger partial charge in [-0.15, -0.1) is 0 Å². The lowest BCUT2D eigenvalue weighted by Gasteiger charge is -2.22. The van der Waals surface area contributed by atoms with Crippen molar-refractivity contribution in [3.8, 4) is 16.9 Å². The van der Waals surface area contributed by atoms with Crippen LogP contribution in [-0.4, -0.2) is 28.2 Å². The van der Waals surface area contributed by atoms with Crippen molar-refractivity contribution in [3.63, 3.8) is 0 Å². The van der Waals surface area contributed by atoms with Crippen LogP contribution < -0.4 is 10.1 Å². The summed E-state index contributed by atoms with van der Waals surface area (Å²) in [7, 11) is 0. The highest BCUT2D eigenvalue weighted by Crippen LogP contribution is 2.31. The molecule has 0 bridgehead atoms. The topological polar surface area (TPSA) is 86.8 Å². The second-order valence-corrected chi connectivity index (χ2v) is 13.3. The fourth-order valence-corrected chi connectivity index (χ4v) is 4.87. The van der Waals surface area contributed by atoms with Gasteiger partial charge in [-0.2, -0.15) is 0 Å². The molecule has 1 aromatic heterocycles. The Morgan fingerprint density at radius 1 is 0.851 bits per heavy atom. The van der Waals surface area contributed by atoms with Crippen LogP contribution in [0.5, 0.6) is 5.75 Å². The summed E-state index contributed by atoms with van der Waals surface area (Å²) in [6.45, 7) is 12.7. The predicted molar refractivity (Wildman–Crippen MR) is 183 cm³/mol. The van der Waals surface area contributed by atoms with Crippen molar-refractivity contribution in [2.75, 3.05) is 0 Å². The van der Waals surface area contributed by atoms with Gasteiger partial charge in [-0.05, 0) is 107 Å². The number of carbonyl (C=O) groups is 2. The number of nitrogens with zero attached hydrogens (tertiary/aromatic N) is 1. The van der Waals surface area contributed by atoms with Gasteiger partial charge in [-0.25, -0.2) is 9.18 Å². The summed E-state index contributed by atoms with van der Waals surface area (Å²) >= 11 is 0. The van der Waals surface area contributed by atoms with Crippen molar-refractivity contribution in [1.29, 1.82) is 0 Å². The van der Waals surface area contributed by atoms with E-state index in [0.717, 1.165) is 16.7 Å². The van der Waals surface area contributed by atoms with Crippen LogP contribution >= 0.6 is 0 Å². The number of aromatic nitrogens is 1. The van der Waals surface area contributed by atoms with Crippen LogP contribution in [0.25, 0.3) is 23.3 Å². The van der Waals surface area contributed by atoms with Crippen molar-refractivity contribution in [1.82, 2.24) is 10.3 Å². The largest absolute Gasteiger partial charge is 0.489 e. The third kappa shape index (κ3) is 10.8. The Morgan fingerprint density at radius 3 is 2.23 bits per heavy atom. The van der Waals surface area contributed by atoms with Gasteiger partial charge in [0, 0.05) is 29.1 Å². The Balaban J connectivity index is 1.65. The molecule has 0 fully saturated rings. The normalized spacial score (nSPS) is 12.4. The Bertz CT molecular complexity index is 1720. The first-order valence-corrected chi connectivity index (χ1v) is 15.6. The quantitative estimate of drug-likeness (QED) is 0.174. The minimum atomic E-state index is -0.677. The van der Waals surface area contributed by atoms with E-state index in [-0.39, 0.29) is 19.0 Å². The van der Waals surface area contributed by atoms with Crippen LogP contribution in [0.4, 0.5) is 9.18 Å². The molecular formula is C39H43FN2O5. The maximum absolute atomic E-state index is 16.2. The van der Waals surface area contributed by atoms with Crippen LogP contribution in [0.2, 0.25) is 0 Å². The molecule has 0 aliphatic carbocycles. The van der Waals surface area contributed by atoms with Gasteiger partial charge in [-0.3, -0.25) is 9.78 Å². The average molecular weight is 639 g/mol. The summed E-state index contributed by atoms with van der Waals surface area (Å²) in [6.07, 6.45) is 6.80. The number of alkyl carbamates (subject to hydrolysis) is 1. The van der Waals surface area contributed by atoms with E-state index in [1.54, 1.807) is 58.3 Å². The number of amides is 1. The zero-order chi connectivity index (χ0) is 34.2. The highest BCUT2D eigenvalue weighted by atomic mass is 19.1. The number of benzene rings is 3. The first-order valence-electron chi connectivity index (χ1n) is 15.6. The number of hydrogen-bond donors (Lipinski definition) is 1. The molecule has 1 atom stereocenters. The predicted octanol–water partition coefficient (Wildman–Crippen LogP) is 9.11. The maximum Gasteiger partial charge on any atom is 0.408 e. The van der Waals surface area contributed by atoms with Crippen molar-refractivity contribution < 1.29 is 28.2 Å². The molecule has 47 heavy (non-hydrogen) atoms. The first kappa shape index (κ1) is 34.9. The van der Waals surface area contributed by atoms with E-state index in [1.807, 2.05) is 87.5 Å². The van der Waals surface area contributed by atoms with E-state index >= 15 is 4.39 Å².